The van der Waals surface area contributed by atoms with Gasteiger partial charge in [0.25, 0.3) is 5.91 Å². The summed E-state index contributed by atoms with van der Waals surface area (Å²) >= 11 is 0. The van der Waals surface area contributed by atoms with Gasteiger partial charge in [0.15, 0.2) is 9.84 Å². The van der Waals surface area contributed by atoms with E-state index < -0.39 is 9.84 Å². The highest BCUT2D eigenvalue weighted by molar-refractivity contribution is 7.91. The summed E-state index contributed by atoms with van der Waals surface area (Å²) in [5, 5.41) is 0. The highest BCUT2D eigenvalue weighted by Crippen LogP contribution is 2.33. The Kier molecular flexibility index (Phi) is 3.05. The lowest BCUT2D eigenvalue weighted by Gasteiger charge is -2.27. The van der Waals surface area contributed by atoms with Crippen molar-refractivity contribution in [1.82, 2.24) is 9.88 Å². The van der Waals surface area contributed by atoms with Gasteiger partial charge in [0.1, 0.15) is 5.69 Å². The van der Waals surface area contributed by atoms with Crippen LogP contribution in [0.25, 0.3) is 0 Å². The van der Waals surface area contributed by atoms with Crippen LogP contribution < -0.4 is 0 Å². The lowest BCUT2D eigenvalue weighted by Crippen LogP contribution is -2.43. The summed E-state index contributed by atoms with van der Waals surface area (Å²) in [7, 11) is -2.98. The molecule has 1 unspecified atom stereocenters. The number of aromatic nitrogens is 1. The Morgan fingerprint density at radius 3 is 2.53 bits per heavy atom. The fourth-order valence-electron chi connectivity index (χ4n) is 2.60. The van der Waals surface area contributed by atoms with Gasteiger partial charge in [0.2, 0.25) is 0 Å². The van der Waals surface area contributed by atoms with Crippen LogP contribution in [0.1, 0.15) is 29.8 Å². The summed E-state index contributed by atoms with van der Waals surface area (Å²) in [4.78, 5) is 18.3. The fraction of sp³-hybridized carbons (Fsp3) is 0.538. The van der Waals surface area contributed by atoms with Crippen LogP contribution in [-0.2, 0) is 9.84 Å². The van der Waals surface area contributed by atoms with E-state index in [0.717, 1.165) is 12.8 Å². The van der Waals surface area contributed by atoms with E-state index in [2.05, 4.69) is 4.98 Å². The largest absolute Gasteiger partial charge is 0.330 e. The molecule has 19 heavy (non-hydrogen) atoms. The summed E-state index contributed by atoms with van der Waals surface area (Å²) < 4.78 is 23.2. The molecule has 1 aromatic heterocycles. The van der Waals surface area contributed by atoms with Gasteiger partial charge in [-0.25, -0.2) is 8.42 Å². The smallest absolute Gasteiger partial charge is 0.272 e. The molecule has 0 N–H and O–H groups in total. The average molecular weight is 280 g/mol. The Hall–Kier alpha value is -1.43. The first-order valence-corrected chi connectivity index (χ1v) is 8.33. The van der Waals surface area contributed by atoms with Crippen LogP contribution in [0.4, 0.5) is 0 Å². The first kappa shape index (κ1) is 12.6. The zero-order valence-electron chi connectivity index (χ0n) is 10.5. The van der Waals surface area contributed by atoms with E-state index >= 15 is 0 Å². The summed E-state index contributed by atoms with van der Waals surface area (Å²) in [5.74, 6) is 0.156. The molecule has 1 saturated carbocycles. The third-order valence-electron chi connectivity index (χ3n) is 3.66. The number of hydrogen-bond acceptors (Lipinski definition) is 4. The molecule has 1 atom stereocenters. The van der Waals surface area contributed by atoms with Crippen LogP contribution in [0.3, 0.4) is 0 Å². The van der Waals surface area contributed by atoms with Gasteiger partial charge in [0, 0.05) is 18.3 Å². The maximum Gasteiger partial charge on any atom is 0.272 e. The van der Waals surface area contributed by atoms with Crippen molar-refractivity contribution in [1.29, 1.82) is 0 Å². The minimum atomic E-state index is -2.98. The molecule has 1 aliphatic carbocycles. The van der Waals surface area contributed by atoms with Crippen molar-refractivity contribution < 1.29 is 13.2 Å². The molecule has 0 bridgehead atoms. The van der Waals surface area contributed by atoms with Crippen LogP contribution in [-0.4, -0.2) is 47.8 Å². The van der Waals surface area contributed by atoms with Crippen molar-refractivity contribution in [2.24, 2.45) is 0 Å². The summed E-state index contributed by atoms with van der Waals surface area (Å²) in [6.45, 7) is 0. The molecule has 1 amide bonds. The SMILES string of the molecule is O=C(c1ccccn1)N(C1CC1)C1CCS(=O)(=O)C1. The molecule has 5 nitrogen and oxygen atoms in total. The van der Waals surface area contributed by atoms with Gasteiger partial charge >= 0.3 is 0 Å². The van der Waals surface area contributed by atoms with E-state index in [0.29, 0.717) is 12.1 Å². The van der Waals surface area contributed by atoms with Crippen LogP contribution in [0, 0.1) is 0 Å². The van der Waals surface area contributed by atoms with Gasteiger partial charge < -0.3 is 4.90 Å². The topological polar surface area (TPSA) is 67.3 Å². The Balaban J connectivity index is 1.84. The number of carbonyl (C=O) groups excluding carboxylic acids is 1. The third-order valence-corrected chi connectivity index (χ3v) is 5.41. The van der Waals surface area contributed by atoms with E-state index in [1.54, 1.807) is 29.3 Å². The van der Waals surface area contributed by atoms with E-state index in [9.17, 15) is 13.2 Å². The summed E-state index contributed by atoms with van der Waals surface area (Å²) in [6, 6.07) is 5.25. The maximum absolute atomic E-state index is 12.5. The van der Waals surface area contributed by atoms with Crippen molar-refractivity contribution in [3.8, 4) is 0 Å². The third kappa shape index (κ3) is 2.63. The molecule has 0 aromatic carbocycles. The number of hydrogen-bond donors (Lipinski definition) is 0. The van der Waals surface area contributed by atoms with Crippen molar-refractivity contribution in [3.63, 3.8) is 0 Å². The standard InChI is InChI=1S/C13H16N2O3S/c16-13(12-3-1-2-7-14-12)15(10-4-5-10)11-6-8-19(17,18)9-11/h1-3,7,10-11H,4-6,8-9H2. The van der Waals surface area contributed by atoms with E-state index in [1.165, 1.54) is 0 Å². The Morgan fingerprint density at radius 1 is 1.21 bits per heavy atom. The van der Waals surface area contributed by atoms with Crippen molar-refractivity contribution in [2.45, 2.75) is 31.3 Å². The van der Waals surface area contributed by atoms with Crippen LogP contribution in [0.5, 0.6) is 0 Å². The number of sulfone groups is 1. The molecule has 2 fully saturated rings. The molecule has 3 rings (SSSR count). The minimum absolute atomic E-state index is 0.0993. The number of rotatable bonds is 3. The molecule has 0 spiro atoms. The predicted molar refractivity (Wildman–Crippen MR) is 70.5 cm³/mol. The quantitative estimate of drug-likeness (QED) is 0.824. The second-order valence-electron chi connectivity index (χ2n) is 5.22. The molecular weight excluding hydrogens is 264 g/mol. The lowest BCUT2D eigenvalue weighted by atomic mass is 10.2. The van der Waals surface area contributed by atoms with Crippen LogP contribution in [0.15, 0.2) is 24.4 Å². The first-order chi connectivity index (χ1) is 9.07. The van der Waals surface area contributed by atoms with Crippen molar-refractivity contribution in [2.75, 3.05) is 11.5 Å². The number of nitrogens with zero attached hydrogens (tertiary/aromatic N) is 2. The Labute approximate surface area is 112 Å². The molecule has 1 aromatic rings. The van der Waals surface area contributed by atoms with Crippen molar-refractivity contribution >= 4 is 15.7 Å². The molecule has 0 radical (unpaired) electrons. The Bertz CT molecular complexity index is 581. The fourth-order valence-corrected chi connectivity index (χ4v) is 4.31. The molecule has 1 saturated heterocycles. The van der Waals surface area contributed by atoms with Gasteiger partial charge in [0.05, 0.1) is 11.5 Å². The first-order valence-electron chi connectivity index (χ1n) is 6.51. The monoisotopic (exact) mass is 280 g/mol. The van der Waals surface area contributed by atoms with Gasteiger partial charge in [-0.1, -0.05) is 6.07 Å². The predicted octanol–water partition coefficient (Wildman–Crippen LogP) is 0.873. The summed E-state index contributed by atoms with van der Waals surface area (Å²) in [5.41, 5.74) is 0.402. The molecule has 2 heterocycles. The average Bonchev–Trinajstić information content (AvgIpc) is 3.15. The van der Waals surface area contributed by atoms with Gasteiger partial charge in [-0.15, -0.1) is 0 Å². The second-order valence-corrected chi connectivity index (χ2v) is 7.44. The molecule has 2 aliphatic rings. The highest BCUT2D eigenvalue weighted by atomic mass is 32.2. The molecule has 1 aliphatic heterocycles. The van der Waals surface area contributed by atoms with Crippen molar-refractivity contribution in [3.05, 3.63) is 30.1 Å². The van der Waals surface area contributed by atoms with Gasteiger partial charge in [-0.2, -0.15) is 0 Å². The number of amides is 1. The lowest BCUT2D eigenvalue weighted by molar-refractivity contribution is 0.0674. The highest BCUT2D eigenvalue weighted by Gasteiger charge is 2.42. The van der Waals surface area contributed by atoms with E-state index in [1.807, 2.05) is 0 Å². The van der Waals surface area contributed by atoms with Crippen LogP contribution in [0.2, 0.25) is 0 Å². The zero-order chi connectivity index (χ0) is 13.5. The second kappa shape index (κ2) is 4.59. The zero-order valence-corrected chi connectivity index (χ0v) is 11.3. The van der Waals surface area contributed by atoms with E-state index in [-0.39, 0.29) is 29.5 Å². The molecule has 102 valence electrons. The van der Waals surface area contributed by atoms with Crippen LogP contribution >= 0.6 is 0 Å². The van der Waals surface area contributed by atoms with Gasteiger partial charge in [-0.05, 0) is 31.4 Å². The number of carbonyl (C=O) groups is 1. The minimum Gasteiger partial charge on any atom is -0.330 e. The van der Waals surface area contributed by atoms with E-state index in [4.69, 9.17) is 0 Å². The number of pyridine rings is 1. The molecular formula is C13H16N2O3S. The molecule has 6 heteroatoms. The Morgan fingerprint density at radius 2 is 2.00 bits per heavy atom. The normalized spacial score (nSPS) is 25.2. The summed E-state index contributed by atoms with van der Waals surface area (Å²) in [6.07, 6.45) is 4.07. The maximum atomic E-state index is 12.5. The van der Waals surface area contributed by atoms with Gasteiger partial charge in [-0.3, -0.25) is 9.78 Å².